The number of benzene rings is 1. The Hall–Kier alpha value is -0.690. The van der Waals surface area contributed by atoms with E-state index in [4.69, 9.17) is 17.4 Å². The minimum Gasteiger partial charge on any atom is -0.271 e. The second-order valence-corrected chi connectivity index (χ2v) is 6.50. The molecule has 1 atom stereocenters. The van der Waals surface area contributed by atoms with Gasteiger partial charge in [-0.05, 0) is 18.6 Å². The van der Waals surface area contributed by atoms with Crippen LogP contribution in [-0.2, 0) is 9.84 Å². The molecule has 96 valence electrons. The van der Waals surface area contributed by atoms with E-state index in [0.29, 0.717) is 5.56 Å². The fourth-order valence-electron chi connectivity index (χ4n) is 1.44. The van der Waals surface area contributed by atoms with Crippen molar-refractivity contribution >= 4 is 21.4 Å². The maximum Gasteiger partial charge on any atom is 0.147 e. The lowest BCUT2D eigenvalue weighted by molar-refractivity contribution is 0.498. The Bertz CT molecular complexity index is 493. The Morgan fingerprint density at radius 3 is 2.65 bits per heavy atom. The summed E-state index contributed by atoms with van der Waals surface area (Å²) in [7, 11) is -3.10. The molecule has 0 saturated carbocycles. The summed E-state index contributed by atoms with van der Waals surface area (Å²) in [5, 5.41) is 0.283. The Balaban J connectivity index is 2.86. The molecule has 0 aliphatic carbocycles. The first kappa shape index (κ1) is 14.4. The van der Waals surface area contributed by atoms with Gasteiger partial charge < -0.3 is 0 Å². The van der Waals surface area contributed by atoms with Gasteiger partial charge in [-0.3, -0.25) is 11.3 Å². The van der Waals surface area contributed by atoms with E-state index in [1.807, 2.05) is 0 Å². The van der Waals surface area contributed by atoms with Gasteiger partial charge in [0.2, 0.25) is 0 Å². The van der Waals surface area contributed by atoms with Gasteiger partial charge in [0, 0.05) is 22.9 Å². The lowest BCUT2D eigenvalue weighted by Gasteiger charge is -2.16. The molecule has 0 amide bonds. The van der Waals surface area contributed by atoms with Crippen LogP contribution in [0.2, 0.25) is 5.02 Å². The number of halogens is 2. The molecule has 0 aliphatic heterocycles. The molecule has 1 rings (SSSR count). The maximum absolute atomic E-state index is 13.6. The second kappa shape index (κ2) is 5.77. The zero-order valence-electron chi connectivity index (χ0n) is 9.28. The molecule has 3 N–H and O–H groups in total. The van der Waals surface area contributed by atoms with Crippen LogP contribution < -0.4 is 11.3 Å². The molecule has 1 unspecified atom stereocenters. The Morgan fingerprint density at radius 2 is 2.18 bits per heavy atom. The van der Waals surface area contributed by atoms with Crippen molar-refractivity contribution in [2.45, 2.75) is 12.5 Å². The van der Waals surface area contributed by atoms with Gasteiger partial charge in [-0.1, -0.05) is 17.7 Å². The molecule has 0 fully saturated rings. The van der Waals surface area contributed by atoms with Gasteiger partial charge in [0.05, 0.1) is 5.75 Å². The van der Waals surface area contributed by atoms with E-state index < -0.39 is 21.7 Å². The number of hydrogen-bond acceptors (Lipinski definition) is 4. The number of hydrogen-bond donors (Lipinski definition) is 2. The number of sulfone groups is 1. The van der Waals surface area contributed by atoms with Crippen molar-refractivity contribution in [3.8, 4) is 0 Å². The van der Waals surface area contributed by atoms with Crippen molar-refractivity contribution in [2.24, 2.45) is 5.84 Å². The van der Waals surface area contributed by atoms with E-state index in [9.17, 15) is 12.8 Å². The van der Waals surface area contributed by atoms with Crippen LogP contribution in [0.3, 0.4) is 0 Å². The molecule has 0 heterocycles. The van der Waals surface area contributed by atoms with E-state index in [0.717, 1.165) is 6.26 Å². The highest BCUT2D eigenvalue weighted by Crippen LogP contribution is 2.22. The SMILES string of the molecule is CS(=O)(=O)CCC(NN)c1ccc(Cl)cc1F. The summed E-state index contributed by atoms with van der Waals surface area (Å²) in [6.45, 7) is 0. The highest BCUT2D eigenvalue weighted by atomic mass is 35.5. The highest BCUT2D eigenvalue weighted by Gasteiger charge is 2.16. The molecule has 4 nitrogen and oxygen atoms in total. The predicted octanol–water partition coefficient (Wildman–Crippen LogP) is 1.42. The van der Waals surface area contributed by atoms with Crippen LogP contribution in [-0.4, -0.2) is 20.4 Å². The highest BCUT2D eigenvalue weighted by molar-refractivity contribution is 7.90. The first-order valence-corrected chi connectivity index (χ1v) is 7.36. The third kappa shape index (κ3) is 4.59. The van der Waals surface area contributed by atoms with Gasteiger partial charge in [0.15, 0.2) is 0 Å². The minimum atomic E-state index is -3.10. The first-order chi connectivity index (χ1) is 7.83. The fourth-order valence-corrected chi connectivity index (χ4v) is 2.27. The normalized spacial score (nSPS) is 13.6. The van der Waals surface area contributed by atoms with E-state index >= 15 is 0 Å². The molecule has 1 aromatic carbocycles. The summed E-state index contributed by atoms with van der Waals surface area (Å²) in [5.74, 6) is 4.73. The summed E-state index contributed by atoms with van der Waals surface area (Å²) in [6.07, 6.45) is 1.33. The van der Waals surface area contributed by atoms with Crippen LogP contribution in [0.25, 0.3) is 0 Å². The first-order valence-electron chi connectivity index (χ1n) is 4.92. The molecule has 0 bridgehead atoms. The van der Waals surface area contributed by atoms with E-state index in [1.54, 1.807) is 0 Å². The van der Waals surface area contributed by atoms with Crippen LogP contribution in [0.1, 0.15) is 18.0 Å². The zero-order chi connectivity index (χ0) is 13.1. The van der Waals surface area contributed by atoms with Gasteiger partial charge in [0.1, 0.15) is 15.7 Å². The largest absolute Gasteiger partial charge is 0.271 e. The Labute approximate surface area is 105 Å². The summed E-state index contributed by atoms with van der Waals surface area (Å²) in [6, 6.07) is 3.64. The van der Waals surface area contributed by atoms with Crippen molar-refractivity contribution in [1.82, 2.24) is 5.43 Å². The maximum atomic E-state index is 13.6. The van der Waals surface area contributed by atoms with E-state index in [1.165, 1.54) is 18.2 Å². The van der Waals surface area contributed by atoms with Crippen LogP contribution in [0, 0.1) is 5.82 Å². The lowest BCUT2D eigenvalue weighted by Crippen LogP contribution is -2.30. The lowest BCUT2D eigenvalue weighted by atomic mass is 10.0. The van der Waals surface area contributed by atoms with E-state index in [2.05, 4.69) is 5.43 Å². The second-order valence-electron chi connectivity index (χ2n) is 3.80. The molecule has 1 aromatic rings. The molecule has 0 aromatic heterocycles. The topological polar surface area (TPSA) is 72.2 Å². The smallest absolute Gasteiger partial charge is 0.147 e. The van der Waals surface area contributed by atoms with Gasteiger partial charge in [0.25, 0.3) is 0 Å². The molecular weight excluding hydrogens is 267 g/mol. The third-order valence-corrected chi connectivity index (χ3v) is 3.53. The van der Waals surface area contributed by atoms with Crippen LogP contribution in [0.4, 0.5) is 4.39 Å². The van der Waals surface area contributed by atoms with E-state index in [-0.39, 0.29) is 17.2 Å². The Kier molecular flexibility index (Phi) is 4.88. The predicted molar refractivity (Wildman–Crippen MR) is 65.8 cm³/mol. The average Bonchev–Trinajstić information content (AvgIpc) is 2.19. The molecule has 17 heavy (non-hydrogen) atoms. The van der Waals surface area contributed by atoms with Gasteiger partial charge in [-0.2, -0.15) is 0 Å². The van der Waals surface area contributed by atoms with Crippen molar-refractivity contribution < 1.29 is 12.8 Å². The molecule has 7 heteroatoms. The molecule has 0 spiro atoms. The van der Waals surface area contributed by atoms with Gasteiger partial charge in [-0.15, -0.1) is 0 Å². The van der Waals surface area contributed by atoms with Crippen molar-refractivity contribution in [1.29, 1.82) is 0 Å². The summed E-state index contributed by atoms with van der Waals surface area (Å²) >= 11 is 5.63. The number of hydrazine groups is 1. The van der Waals surface area contributed by atoms with Crippen molar-refractivity contribution in [3.05, 3.63) is 34.6 Å². The van der Waals surface area contributed by atoms with Crippen LogP contribution >= 0.6 is 11.6 Å². The monoisotopic (exact) mass is 280 g/mol. The fraction of sp³-hybridized carbons (Fsp3) is 0.400. The number of nitrogens with one attached hydrogen (secondary N) is 1. The molecule has 0 aliphatic rings. The van der Waals surface area contributed by atoms with Crippen LogP contribution in [0.5, 0.6) is 0 Å². The average molecular weight is 281 g/mol. The molecule has 0 saturated heterocycles. The van der Waals surface area contributed by atoms with Crippen molar-refractivity contribution in [3.63, 3.8) is 0 Å². The van der Waals surface area contributed by atoms with Gasteiger partial charge >= 0.3 is 0 Å². The summed E-state index contributed by atoms with van der Waals surface area (Å²) in [5.41, 5.74) is 2.71. The number of nitrogens with two attached hydrogens (primary N) is 1. The molecule has 0 radical (unpaired) electrons. The zero-order valence-corrected chi connectivity index (χ0v) is 10.9. The molecular formula is C10H14ClFN2O2S. The van der Waals surface area contributed by atoms with Gasteiger partial charge in [-0.25, -0.2) is 12.8 Å². The third-order valence-electron chi connectivity index (χ3n) is 2.32. The standard InChI is InChI=1S/C10H14ClFN2O2S/c1-17(15,16)5-4-10(14-13)8-3-2-7(11)6-9(8)12/h2-3,6,10,14H,4-5,13H2,1H3. The quantitative estimate of drug-likeness (QED) is 0.632. The summed E-state index contributed by atoms with van der Waals surface area (Å²) in [4.78, 5) is 0. The van der Waals surface area contributed by atoms with Crippen LogP contribution in [0.15, 0.2) is 18.2 Å². The van der Waals surface area contributed by atoms with Crippen molar-refractivity contribution in [2.75, 3.05) is 12.0 Å². The Morgan fingerprint density at radius 1 is 1.53 bits per heavy atom. The number of rotatable bonds is 5. The minimum absolute atomic E-state index is 0.0655. The summed E-state index contributed by atoms with van der Waals surface area (Å²) < 4.78 is 35.7.